The summed E-state index contributed by atoms with van der Waals surface area (Å²) in [6, 6.07) is 9.42. The zero-order valence-corrected chi connectivity index (χ0v) is 14.0. The number of likely N-dealkylation sites (tertiary alicyclic amines) is 1. The summed E-state index contributed by atoms with van der Waals surface area (Å²) in [6.07, 6.45) is 4.97. The third kappa shape index (κ3) is 3.82. The molecule has 1 unspecified atom stereocenters. The molecule has 7 nitrogen and oxygen atoms in total. The first-order valence-corrected chi connectivity index (χ1v) is 9.43. The van der Waals surface area contributed by atoms with Gasteiger partial charge in [-0.05, 0) is 36.6 Å². The molecule has 0 spiro atoms. The van der Waals surface area contributed by atoms with E-state index in [-0.39, 0.29) is 18.9 Å². The van der Waals surface area contributed by atoms with Crippen molar-refractivity contribution in [3.63, 3.8) is 0 Å². The Bertz CT molecular complexity index is 800. The van der Waals surface area contributed by atoms with Crippen LogP contribution in [0.25, 0.3) is 5.69 Å². The zero-order valence-electron chi connectivity index (χ0n) is 13.2. The van der Waals surface area contributed by atoms with Gasteiger partial charge in [0.05, 0.1) is 17.4 Å². The monoisotopic (exact) mass is 348 g/mol. The third-order valence-corrected chi connectivity index (χ3v) is 5.57. The molecule has 8 heteroatoms. The van der Waals surface area contributed by atoms with Crippen LogP contribution in [-0.4, -0.2) is 47.3 Å². The number of carbonyl (C=O) groups excluding carboxylic acids is 1. The molecule has 2 heterocycles. The van der Waals surface area contributed by atoms with Gasteiger partial charge >= 0.3 is 0 Å². The smallest absolute Gasteiger partial charge is 0.227 e. The molecular formula is C16H20N4O3S. The molecule has 1 aromatic carbocycles. The van der Waals surface area contributed by atoms with Crippen LogP contribution in [0.3, 0.4) is 0 Å². The highest BCUT2D eigenvalue weighted by Crippen LogP contribution is 2.17. The number of nitrogens with two attached hydrogens (primary N) is 1. The maximum atomic E-state index is 12.4. The number of sulfonamides is 1. The second-order valence-electron chi connectivity index (χ2n) is 5.99. The first kappa shape index (κ1) is 16.7. The summed E-state index contributed by atoms with van der Waals surface area (Å²) < 4.78 is 24.7. The SMILES string of the molecule is NS(=O)(=O)C1CCCN(C(=O)Cc2ccc(-n3cccn3)cc2)C1. The van der Waals surface area contributed by atoms with Crippen LogP contribution in [0.4, 0.5) is 0 Å². The number of primary sulfonamides is 1. The van der Waals surface area contributed by atoms with E-state index in [0.717, 1.165) is 11.3 Å². The van der Waals surface area contributed by atoms with Gasteiger partial charge in [-0.3, -0.25) is 4.79 Å². The van der Waals surface area contributed by atoms with Crippen LogP contribution in [0.2, 0.25) is 0 Å². The Morgan fingerprint density at radius 2 is 2.04 bits per heavy atom. The number of nitrogens with zero attached hydrogens (tertiary/aromatic N) is 3. The summed E-state index contributed by atoms with van der Waals surface area (Å²) in [4.78, 5) is 14.0. The minimum absolute atomic E-state index is 0.0739. The summed E-state index contributed by atoms with van der Waals surface area (Å²) in [5.74, 6) is -0.0739. The van der Waals surface area contributed by atoms with Crippen molar-refractivity contribution in [3.05, 3.63) is 48.3 Å². The Morgan fingerprint density at radius 1 is 1.29 bits per heavy atom. The van der Waals surface area contributed by atoms with E-state index in [2.05, 4.69) is 5.10 Å². The average molecular weight is 348 g/mol. The molecule has 1 atom stereocenters. The molecule has 1 fully saturated rings. The number of benzene rings is 1. The van der Waals surface area contributed by atoms with Crippen molar-refractivity contribution in [2.75, 3.05) is 13.1 Å². The van der Waals surface area contributed by atoms with Crippen molar-refractivity contribution in [2.45, 2.75) is 24.5 Å². The first-order valence-electron chi connectivity index (χ1n) is 7.82. The van der Waals surface area contributed by atoms with Crippen molar-refractivity contribution in [2.24, 2.45) is 5.14 Å². The van der Waals surface area contributed by atoms with Crippen LogP contribution in [0.5, 0.6) is 0 Å². The number of hydrogen-bond donors (Lipinski definition) is 1. The number of amides is 1. The summed E-state index contributed by atoms with van der Waals surface area (Å²) in [5.41, 5.74) is 1.80. The van der Waals surface area contributed by atoms with Crippen molar-refractivity contribution in [1.82, 2.24) is 14.7 Å². The maximum Gasteiger partial charge on any atom is 0.227 e. The van der Waals surface area contributed by atoms with Gasteiger partial charge in [-0.1, -0.05) is 12.1 Å². The Labute approximate surface area is 141 Å². The van der Waals surface area contributed by atoms with Gasteiger partial charge in [-0.2, -0.15) is 5.10 Å². The van der Waals surface area contributed by atoms with Gasteiger partial charge in [0.1, 0.15) is 0 Å². The molecule has 1 amide bonds. The second kappa shape index (κ2) is 6.74. The molecule has 0 saturated carbocycles. The van der Waals surface area contributed by atoms with Crippen molar-refractivity contribution in [3.8, 4) is 5.69 Å². The molecule has 0 bridgehead atoms. The van der Waals surface area contributed by atoms with E-state index < -0.39 is 15.3 Å². The predicted octanol–water partition coefficient (Wildman–Crippen LogP) is 0.694. The van der Waals surface area contributed by atoms with Crippen LogP contribution >= 0.6 is 0 Å². The van der Waals surface area contributed by atoms with Gasteiger partial charge < -0.3 is 4.90 Å². The van der Waals surface area contributed by atoms with Crippen LogP contribution in [0.1, 0.15) is 18.4 Å². The van der Waals surface area contributed by atoms with E-state index in [1.165, 1.54) is 0 Å². The Balaban J connectivity index is 1.64. The minimum Gasteiger partial charge on any atom is -0.341 e. The molecular weight excluding hydrogens is 328 g/mol. The third-order valence-electron chi connectivity index (χ3n) is 4.26. The summed E-state index contributed by atoms with van der Waals surface area (Å²) in [7, 11) is -3.60. The lowest BCUT2D eigenvalue weighted by Gasteiger charge is -2.31. The lowest BCUT2D eigenvalue weighted by molar-refractivity contribution is -0.131. The standard InChI is InChI=1S/C16H20N4O3S/c17-24(22,23)15-3-1-9-19(12-15)16(21)11-13-4-6-14(7-5-13)20-10-2-8-18-20/h2,4-8,10,15H,1,3,9,11-12H2,(H2,17,22,23). The van der Waals surface area contributed by atoms with Crippen molar-refractivity contribution in [1.29, 1.82) is 0 Å². The molecule has 1 aliphatic rings. The number of rotatable bonds is 4. The lowest BCUT2D eigenvalue weighted by Crippen LogP contribution is -2.47. The normalized spacial score (nSPS) is 18.5. The number of carbonyl (C=O) groups is 1. The molecule has 3 rings (SSSR count). The molecule has 1 aliphatic heterocycles. The number of hydrogen-bond acceptors (Lipinski definition) is 4. The molecule has 1 aromatic heterocycles. The maximum absolute atomic E-state index is 12.4. The Hall–Kier alpha value is -2.19. The largest absolute Gasteiger partial charge is 0.341 e. The highest BCUT2D eigenvalue weighted by Gasteiger charge is 2.30. The van der Waals surface area contributed by atoms with E-state index in [9.17, 15) is 13.2 Å². The molecule has 2 aromatic rings. The summed E-state index contributed by atoms with van der Waals surface area (Å²) >= 11 is 0. The Kier molecular flexibility index (Phi) is 4.68. The van der Waals surface area contributed by atoms with Gasteiger partial charge in [0, 0.05) is 25.5 Å². The first-order chi connectivity index (χ1) is 11.4. The minimum atomic E-state index is -3.60. The fourth-order valence-corrected chi connectivity index (χ4v) is 3.79. The van der Waals surface area contributed by atoms with E-state index >= 15 is 0 Å². The van der Waals surface area contributed by atoms with Crippen molar-refractivity contribution < 1.29 is 13.2 Å². The van der Waals surface area contributed by atoms with Gasteiger partial charge in [0.15, 0.2) is 0 Å². The van der Waals surface area contributed by atoms with Crippen LogP contribution < -0.4 is 5.14 Å². The summed E-state index contributed by atoms with van der Waals surface area (Å²) in [5, 5.41) is 8.71. The lowest BCUT2D eigenvalue weighted by atomic mass is 10.1. The van der Waals surface area contributed by atoms with Gasteiger partial charge in [-0.25, -0.2) is 18.2 Å². The topological polar surface area (TPSA) is 98.3 Å². The fraction of sp³-hybridized carbons (Fsp3) is 0.375. The molecule has 0 aliphatic carbocycles. The molecule has 1 saturated heterocycles. The van der Waals surface area contributed by atoms with Crippen LogP contribution in [0, 0.1) is 0 Å². The van der Waals surface area contributed by atoms with E-state index in [0.29, 0.717) is 19.4 Å². The predicted molar refractivity (Wildman–Crippen MR) is 90.0 cm³/mol. The van der Waals surface area contributed by atoms with Gasteiger partial charge in [-0.15, -0.1) is 0 Å². The Morgan fingerprint density at radius 3 is 2.67 bits per heavy atom. The van der Waals surface area contributed by atoms with Gasteiger partial charge in [0.2, 0.25) is 15.9 Å². The fourth-order valence-electron chi connectivity index (χ4n) is 2.91. The van der Waals surface area contributed by atoms with E-state index in [4.69, 9.17) is 5.14 Å². The molecule has 128 valence electrons. The average Bonchev–Trinajstić information content (AvgIpc) is 3.09. The molecule has 24 heavy (non-hydrogen) atoms. The van der Waals surface area contributed by atoms with Crippen LogP contribution in [-0.2, 0) is 21.2 Å². The highest BCUT2D eigenvalue weighted by molar-refractivity contribution is 7.89. The second-order valence-corrected chi connectivity index (χ2v) is 7.83. The molecule has 0 radical (unpaired) electrons. The number of piperidine rings is 1. The molecule has 2 N–H and O–H groups in total. The zero-order chi connectivity index (χ0) is 17.2. The van der Waals surface area contributed by atoms with E-state index in [1.54, 1.807) is 15.8 Å². The van der Waals surface area contributed by atoms with Gasteiger partial charge in [0.25, 0.3) is 0 Å². The summed E-state index contributed by atoms with van der Waals surface area (Å²) in [6.45, 7) is 0.763. The number of aromatic nitrogens is 2. The highest BCUT2D eigenvalue weighted by atomic mass is 32.2. The quantitative estimate of drug-likeness (QED) is 0.879. The van der Waals surface area contributed by atoms with Crippen LogP contribution in [0.15, 0.2) is 42.7 Å². The van der Waals surface area contributed by atoms with E-state index in [1.807, 2.05) is 36.5 Å². The van der Waals surface area contributed by atoms with Crippen molar-refractivity contribution >= 4 is 15.9 Å².